The number of halogens is 1. The van der Waals surface area contributed by atoms with Crippen LogP contribution in [0.1, 0.15) is 12.5 Å². The molecule has 4 nitrogen and oxygen atoms in total. The average Bonchev–Trinajstić information content (AvgIpc) is 2.57. The average molecular weight is 335 g/mol. The summed E-state index contributed by atoms with van der Waals surface area (Å²) >= 11 is 6.10. The second kappa shape index (κ2) is 8.44. The molecule has 0 aromatic heterocycles. The van der Waals surface area contributed by atoms with Crippen LogP contribution in [0.25, 0.3) is 0 Å². The second-order valence-electron chi connectivity index (χ2n) is 4.84. The SMILES string of the molecule is CCOC(=O)C(Cc1ccc(OC)cc1)Oc1ccccc1Cl. The van der Waals surface area contributed by atoms with Crippen LogP contribution in [0.3, 0.4) is 0 Å². The Morgan fingerprint density at radius 3 is 2.43 bits per heavy atom. The van der Waals surface area contributed by atoms with Gasteiger partial charge in [0.15, 0.2) is 6.10 Å². The lowest BCUT2D eigenvalue weighted by Gasteiger charge is -2.18. The fourth-order valence-corrected chi connectivity index (χ4v) is 2.26. The number of benzene rings is 2. The van der Waals surface area contributed by atoms with Gasteiger partial charge in [0, 0.05) is 6.42 Å². The number of hydrogen-bond donors (Lipinski definition) is 0. The van der Waals surface area contributed by atoms with Crippen LogP contribution in [0.2, 0.25) is 5.02 Å². The van der Waals surface area contributed by atoms with Gasteiger partial charge in [-0.3, -0.25) is 0 Å². The van der Waals surface area contributed by atoms with E-state index >= 15 is 0 Å². The fraction of sp³-hybridized carbons (Fsp3) is 0.278. The van der Waals surface area contributed by atoms with E-state index in [0.717, 1.165) is 11.3 Å². The molecule has 0 radical (unpaired) electrons. The molecular weight excluding hydrogens is 316 g/mol. The first-order valence-corrected chi connectivity index (χ1v) is 7.72. The van der Waals surface area contributed by atoms with Crippen LogP contribution in [0.4, 0.5) is 0 Å². The number of hydrogen-bond acceptors (Lipinski definition) is 4. The van der Waals surface area contributed by atoms with Gasteiger partial charge in [0.2, 0.25) is 0 Å². The Balaban J connectivity index is 2.16. The van der Waals surface area contributed by atoms with Gasteiger partial charge < -0.3 is 14.2 Å². The highest BCUT2D eigenvalue weighted by molar-refractivity contribution is 6.32. The minimum Gasteiger partial charge on any atom is -0.497 e. The minimum atomic E-state index is -0.761. The molecule has 0 N–H and O–H groups in total. The van der Waals surface area contributed by atoms with Crippen LogP contribution in [-0.2, 0) is 16.0 Å². The van der Waals surface area contributed by atoms with Crippen molar-refractivity contribution in [2.45, 2.75) is 19.4 Å². The van der Waals surface area contributed by atoms with Gasteiger partial charge in [-0.15, -0.1) is 0 Å². The van der Waals surface area contributed by atoms with E-state index in [-0.39, 0.29) is 0 Å². The fourth-order valence-electron chi connectivity index (χ4n) is 2.08. The molecule has 0 heterocycles. The lowest BCUT2D eigenvalue weighted by Crippen LogP contribution is -2.31. The first kappa shape index (κ1) is 17.2. The van der Waals surface area contributed by atoms with Crippen molar-refractivity contribution in [1.82, 2.24) is 0 Å². The number of methoxy groups -OCH3 is 1. The number of ether oxygens (including phenoxy) is 3. The standard InChI is InChI=1S/C18H19ClO4/c1-3-22-18(20)17(23-16-7-5-4-6-15(16)19)12-13-8-10-14(21-2)11-9-13/h4-11,17H,3,12H2,1-2H3. The van der Waals surface area contributed by atoms with E-state index in [1.807, 2.05) is 24.3 Å². The Morgan fingerprint density at radius 2 is 1.83 bits per heavy atom. The van der Waals surface area contributed by atoms with E-state index in [2.05, 4.69) is 0 Å². The first-order chi connectivity index (χ1) is 11.1. The van der Waals surface area contributed by atoms with Gasteiger partial charge in [0.05, 0.1) is 18.7 Å². The number of rotatable bonds is 7. The molecule has 23 heavy (non-hydrogen) atoms. The zero-order valence-corrected chi connectivity index (χ0v) is 13.9. The van der Waals surface area contributed by atoms with Crippen molar-refractivity contribution in [1.29, 1.82) is 0 Å². The highest BCUT2D eigenvalue weighted by Crippen LogP contribution is 2.25. The maximum absolute atomic E-state index is 12.2. The summed E-state index contributed by atoms with van der Waals surface area (Å²) in [4.78, 5) is 12.2. The van der Waals surface area contributed by atoms with E-state index in [9.17, 15) is 4.79 Å². The first-order valence-electron chi connectivity index (χ1n) is 7.34. The second-order valence-corrected chi connectivity index (χ2v) is 5.25. The molecule has 1 unspecified atom stereocenters. The summed E-state index contributed by atoms with van der Waals surface area (Å²) in [7, 11) is 1.61. The molecule has 0 spiro atoms. The molecule has 2 aromatic rings. The van der Waals surface area contributed by atoms with E-state index < -0.39 is 12.1 Å². The van der Waals surface area contributed by atoms with E-state index in [0.29, 0.717) is 23.8 Å². The van der Waals surface area contributed by atoms with Crippen LogP contribution in [0.5, 0.6) is 11.5 Å². The molecule has 0 fully saturated rings. The highest BCUT2D eigenvalue weighted by atomic mass is 35.5. The molecule has 0 aliphatic carbocycles. The summed E-state index contributed by atoms with van der Waals surface area (Å²) in [6.07, 6.45) is -0.378. The largest absolute Gasteiger partial charge is 0.497 e. The van der Waals surface area contributed by atoms with Crippen molar-refractivity contribution in [2.24, 2.45) is 0 Å². The number of carbonyl (C=O) groups excluding carboxylic acids is 1. The lowest BCUT2D eigenvalue weighted by molar-refractivity contribution is -0.151. The topological polar surface area (TPSA) is 44.8 Å². The Kier molecular flexibility index (Phi) is 6.29. The number of carbonyl (C=O) groups is 1. The van der Waals surface area contributed by atoms with E-state index in [1.165, 1.54) is 0 Å². The third-order valence-corrected chi connectivity index (χ3v) is 3.55. The number of esters is 1. The van der Waals surface area contributed by atoms with Crippen molar-refractivity contribution in [3.05, 3.63) is 59.1 Å². The molecule has 0 bridgehead atoms. The Hall–Kier alpha value is -2.20. The zero-order chi connectivity index (χ0) is 16.7. The van der Waals surface area contributed by atoms with Gasteiger partial charge in [-0.25, -0.2) is 4.79 Å². The highest BCUT2D eigenvalue weighted by Gasteiger charge is 2.23. The molecule has 0 saturated carbocycles. The van der Waals surface area contributed by atoms with Gasteiger partial charge in [-0.05, 0) is 36.8 Å². The third-order valence-electron chi connectivity index (χ3n) is 3.24. The summed E-state index contributed by atoms with van der Waals surface area (Å²) in [6, 6.07) is 14.5. The molecule has 0 saturated heterocycles. The summed E-state index contributed by atoms with van der Waals surface area (Å²) in [6.45, 7) is 2.06. The van der Waals surface area contributed by atoms with Crippen molar-refractivity contribution >= 4 is 17.6 Å². The Bertz CT molecular complexity index is 640. The molecule has 2 rings (SSSR count). The molecule has 0 aliphatic heterocycles. The Labute approximate surface area is 140 Å². The van der Waals surface area contributed by atoms with Crippen molar-refractivity contribution in [2.75, 3.05) is 13.7 Å². The Morgan fingerprint density at radius 1 is 1.13 bits per heavy atom. The summed E-state index contributed by atoms with van der Waals surface area (Å²) < 4.78 is 16.0. The molecule has 122 valence electrons. The van der Waals surface area contributed by atoms with E-state index in [4.69, 9.17) is 25.8 Å². The molecular formula is C18H19ClO4. The summed E-state index contributed by atoms with van der Waals surface area (Å²) in [5, 5.41) is 0.455. The van der Waals surface area contributed by atoms with Crippen molar-refractivity contribution in [3.8, 4) is 11.5 Å². The van der Waals surface area contributed by atoms with Gasteiger partial charge in [0.1, 0.15) is 11.5 Å². The smallest absolute Gasteiger partial charge is 0.347 e. The van der Waals surface area contributed by atoms with Gasteiger partial charge in [-0.1, -0.05) is 35.9 Å². The maximum Gasteiger partial charge on any atom is 0.347 e. The van der Waals surface area contributed by atoms with Crippen molar-refractivity contribution < 1.29 is 19.0 Å². The summed E-state index contributed by atoms with van der Waals surface area (Å²) in [5.41, 5.74) is 0.941. The molecule has 0 aliphatic rings. The van der Waals surface area contributed by atoms with Crippen LogP contribution >= 0.6 is 11.6 Å². The maximum atomic E-state index is 12.2. The van der Waals surface area contributed by atoms with Crippen LogP contribution in [0.15, 0.2) is 48.5 Å². The molecule has 0 amide bonds. The molecule has 2 aromatic carbocycles. The van der Waals surface area contributed by atoms with Crippen LogP contribution < -0.4 is 9.47 Å². The summed E-state index contributed by atoms with van der Waals surface area (Å²) in [5.74, 6) is 0.803. The predicted octanol–water partition coefficient (Wildman–Crippen LogP) is 3.90. The number of para-hydroxylation sites is 1. The van der Waals surface area contributed by atoms with Gasteiger partial charge in [-0.2, -0.15) is 0 Å². The van der Waals surface area contributed by atoms with Crippen LogP contribution in [0, 0.1) is 0 Å². The molecule has 5 heteroatoms. The van der Waals surface area contributed by atoms with Crippen LogP contribution in [-0.4, -0.2) is 25.8 Å². The lowest BCUT2D eigenvalue weighted by atomic mass is 10.1. The van der Waals surface area contributed by atoms with Gasteiger partial charge >= 0.3 is 5.97 Å². The quantitative estimate of drug-likeness (QED) is 0.720. The van der Waals surface area contributed by atoms with Gasteiger partial charge in [0.25, 0.3) is 0 Å². The van der Waals surface area contributed by atoms with Crippen molar-refractivity contribution in [3.63, 3.8) is 0 Å². The normalized spacial score (nSPS) is 11.6. The zero-order valence-electron chi connectivity index (χ0n) is 13.1. The van der Waals surface area contributed by atoms with E-state index in [1.54, 1.807) is 38.3 Å². The molecule has 1 atom stereocenters. The minimum absolute atomic E-state index is 0.295. The third kappa shape index (κ3) is 4.89. The monoisotopic (exact) mass is 334 g/mol. The predicted molar refractivity (Wildman–Crippen MR) is 89.2 cm³/mol.